The molecule has 3 rings (SSSR count). The maximum Gasteiger partial charge on any atom is 0.304 e. The summed E-state index contributed by atoms with van der Waals surface area (Å²) in [5.74, 6) is 0.684. The van der Waals surface area contributed by atoms with Gasteiger partial charge in [-0.3, -0.25) is 10.1 Å². The second kappa shape index (κ2) is 7.76. The van der Waals surface area contributed by atoms with E-state index in [1.807, 2.05) is 50.2 Å². The predicted molar refractivity (Wildman–Crippen MR) is 111 cm³/mol. The van der Waals surface area contributed by atoms with Gasteiger partial charge in [-0.2, -0.15) is 0 Å². The zero-order chi connectivity index (χ0) is 20.5. The van der Waals surface area contributed by atoms with E-state index in [4.69, 9.17) is 4.74 Å². The highest BCUT2D eigenvalue weighted by Crippen LogP contribution is 2.38. The third-order valence-electron chi connectivity index (χ3n) is 4.04. The Hall–Kier alpha value is -2.65. The molecule has 0 aliphatic rings. The molecular formula is C19H20N2O5S2. The fraction of sp³-hybridized carbons (Fsp3) is 0.263. The van der Waals surface area contributed by atoms with Crippen LogP contribution >= 0.6 is 11.3 Å². The molecule has 0 atom stereocenters. The summed E-state index contributed by atoms with van der Waals surface area (Å²) in [7, 11) is -3.53. The van der Waals surface area contributed by atoms with Gasteiger partial charge in [0.05, 0.1) is 11.0 Å². The highest BCUT2D eigenvalue weighted by molar-refractivity contribution is 7.92. The third kappa shape index (κ3) is 4.26. The summed E-state index contributed by atoms with van der Waals surface area (Å²) in [4.78, 5) is 10.8. The normalized spacial score (nSPS) is 11.7. The summed E-state index contributed by atoms with van der Waals surface area (Å²) in [6.45, 7) is 4.11. The molecule has 28 heavy (non-hydrogen) atoms. The van der Waals surface area contributed by atoms with Crippen molar-refractivity contribution in [2.75, 3.05) is 11.6 Å². The number of nitrogens with one attached hydrogen (secondary N) is 1. The minimum Gasteiger partial charge on any atom is -0.491 e. The summed E-state index contributed by atoms with van der Waals surface area (Å²) in [5.41, 5.74) is 0.604. The first-order valence-electron chi connectivity index (χ1n) is 8.56. The van der Waals surface area contributed by atoms with Crippen molar-refractivity contribution < 1.29 is 18.1 Å². The first-order chi connectivity index (χ1) is 13.2. The molecule has 0 aliphatic heterocycles. The molecule has 0 aliphatic carbocycles. The monoisotopic (exact) mass is 420 g/mol. The van der Waals surface area contributed by atoms with Crippen molar-refractivity contribution in [3.05, 3.63) is 58.1 Å². The van der Waals surface area contributed by atoms with Crippen molar-refractivity contribution in [1.29, 1.82) is 0 Å². The van der Waals surface area contributed by atoms with Crippen LogP contribution in [0.15, 0.2) is 46.7 Å². The van der Waals surface area contributed by atoms with Crippen LogP contribution in [0, 0.1) is 10.1 Å². The van der Waals surface area contributed by atoms with Crippen LogP contribution in [-0.4, -0.2) is 25.7 Å². The minimum absolute atomic E-state index is 0.0344. The second-order valence-corrected chi connectivity index (χ2v) is 9.89. The van der Waals surface area contributed by atoms with Gasteiger partial charge in [-0.1, -0.05) is 41.7 Å². The third-order valence-corrected chi connectivity index (χ3v) is 6.92. The van der Waals surface area contributed by atoms with Crippen LogP contribution in [0.25, 0.3) is 10.8 Å². The number of nitro groups is 1. The zero-order valence-electron chi connectivity index (χ0n) is 15.6. The molecule has 0 bridgehead atoms. The SMILES string of the molecule is CC(C)Oc1ccc2ccccc2c1CNc1sc(S(C)(=O)=O)cc1[N+](=O)[O-]. The second-order valence-electron chi connectivity index (χ2n) is 6.59. The maximum absolute atomic E-state index is 11.8. The molecule has 1 N–H and O–H groups in total. The molecule has 9 heteroatoms. The van der Waals surface area contributed by atoms with E-state index in [-0.39, 0.29) is 27.5 Å². The van der Waals surface area contributed by atoms with Gasteiger partial charge in [0, 0.05) is 24.4 Å². The fourth-order valence-corrected chi connectivity index (χ4v) is 4.77. The van der Waals surface area contributed by atoms with E-state index in [2.05, 4.69) is 5.32 Å². The summed E-state index contributed by atoms with van der Waals surface area (Å²) in [6.07, 6.45) is 0.999. The van der Waals surface area contributed by atoms with Crippen molar-refractivity contribution in [3.8, 4) is 5.75 Å². The number of anilines is 1. The lowest BCUT2D eigenvalue weighted by Gasteiger charge is -2.17. The molecule has 0 fully saturated rings. The van der Waals surface area contributed by atoms with Crippen molar-refractivity contribution in [3.63, 3.8) is 0 Å². The van der Waals surface area contributed by atoms with Gasteiger partial charge in [0.1, 0.15) is 9.96 Å². The molecule has 0 spiro atoms. The van der Waals surface area contributed by atoms with Gasteiger partial charge in [0.15, 0.2) is 14.8 Å². The maximum atomic E-state index is 11.8. The van der Waals surface area contributed by atoms with Crippen molar-refractivity contribution in [1.82, 2.24) is 0 Å². The molecule has 1 aromatic heterocycles. The highest BCUT2D eigenvalue weighted by atomic mass is 32.2. The molecule has 1 heterocycles. The standard InChI is InChI=1S/C19H20N2O5S2/c1-12(2)26-17-9-8-13-6-4-5-7-14(13)15(17)11-20-19-16(21(22)23)10-18(27-19)28(3,24)25/h4-10,12,20H,11H2,1-3H3. The number of thiophene rings is 1. The topological polar surface area (TPSA) is 98.5 Å². The van der Waals surface area contributed by atoms with Crippen molar-refractivity contribution >= 4 is 42.6 Å². The van der Waals surface area contributed by atoms with Gasteiger partial charge in [-0.05, 0) is 30.7 Å². The number of nitrogens with zero attached hydrogens (tertiary/aromatic N) is 1. The number of ether oxygens (including phenoxy) is 1. The van der Waals surface area contributed by atoms with Gasteiger partial charge in [-0.25, -0.2) is 8.42 Å². The van der Waals surface area contributed by atoms with E-state index in [0.717, 1.165) is 40.0 Å². The summed E-state index contributed by atoms with van der Waals surface area (Å²) < 4.78 is 29.4. The lowest BCUT2D eigenvalue weighted by molar-refractivity contribution is -0.383. The van der Waals surface area contributed by atoms with Crippen LogP contribution in [-0.2, 0) is 16.4 Å². The first-order valence-corrected chi connectivity index (χ1v) is 11.3. The van der Waals surface area contributed by atoms with Crippen LogP contribution in [0.3, 0.4) is 0 Å². The number of hydrogen-bond acceptors (Lipinski definition) is 7. The molecule has 0 amide bonds. The lowest BCUT2D eigenvalue weighted by Crippen LogP contribution is -2.10. The molecule has 0 radical (unpaired) electrons. The Morgan fingerprint density at radius 2 is 1.93 bits per heavy atom. The quantitative estimate of drug-likeness (QED) is 0.443. The summed E-state index contributed by atoms with van der Waals surface area (Å²) in [6, 6.07) is 12.7. The zero-order valence-corrected chi connectivity index (χ0v) is 17.3. The van der Waals surface area contributed by atoms with Gasteiger partial charge >= 0.3 is 5.69 Å². The molecule has 0 saturated heterocycles. The molecule has 3 aromatic rings. The minimum atomic E-state index is -3.53. The van der Waals surface area contributed by atoms with E-state index >= 15 is 0 Å². The Morgan fingerprint density at radius 1 is 1.21 bits per heavy atom. The van der Waals surface area contributed by atoms with Gasteiger partial charge in [-0.15, -0.1) is 0 Å². The Morgan fingerprint density at radius 3 is 2.57 bits per heavy atom. The van der Waals surface area contributed by atoms with Gasteiger partial charge in [0.25, 0.3) is 0 Å². The fourth-order valence-electron chi connectivity index (χ4n) is 2.84. The molecule has 0 unspecified atom stereocenters. The Balaban J connectivity index is 2.02. The lowest BCUT2D eigenvalue weighted by atomic mass is 10.0. The van der Waals surface area contributed by atoms with E-state index in [1.54, 1.807) is 0 Å². The van der Waals surface area contributed by atoms with Gasteiger partial charge < -0.3 is 10.1 Å². The van der Waals surface area contributed by atoms with E-state index in [0.29, 0.717) is 5.75 Å². The van der Waals surface area contributed by atoms with Crippen LogP contribution < -0.4 is 10.1 Å². The highest BCUT2D eigenvalue weighted by Gasteiger charge is 2.24. The first kappa shape index (κ1) is 20.1. The number of rotatable bonds is 7. The predicted octanol–water partition coefficient (Wildman–Crippen LogP) is 4.61. The van der Waals surface area contributed by atoms with Crippen molar-refractivity contribution in [2.24, 2.45) is 0 Å². The number of benzene rings is 2. The van der Waals surface area contributed by atoms with Gasteiger partial charge in [0.2, 0.25) is 0 Å². The number of fused-ring (bicyclic) bond motifs is 1. The Kier molecular flexibility index (Phi) is 5.57. The van der Waals surface area contributed by atoms with Crippen LogP contribution in [0.5, 0.6) is 5.75 Å². The molecule has 0 saturated carbocycles. The number of hydrogen-bond donors (Lipinski definition) is 1. The van der Waals surface area contributed by atoms with Crippen LogP contribution in [0.1, 0.15) is 19.4 Å². The Bertz CT molecular complexity index is 1140. The molecule has 2 aromatic carbocycles. The average molecular weight is 421 g/mol. The largest absolute Gasteiger partial charge is 0.491 e. The van der Waals surface area contributed by atoms with E-state index in [1.165, 1.54) is 0 Å². The summed E-state index contributed by atoms with van der Waals surface area (Å²) >= 11 is 0.858. The van der Waals surface area contributed by atoms with Crippen molar-refractivity contribution in [2.45, 2.75) is 30.7 Å². The smallest absolute Gasteiger partial charge is 0.304 e. The average Bonchev–Trinajstić information content (AvgIpc) is 3.05. The van der Waals surface area contributed by atoms with E-state index in [9.17, 15) is 18.5 Å². The molecular weight excluding hydrogens is 400 g/mol. The number of sulfone groups is 1. The molecule has 7 nitrogen and oxygen atoms in total. The van der Waals surface area contributed by atoms with E-state index < -0.39 is 14.8 Å². The van der Waals surface area contributed by atoms with Crippen LogP contribution in [0.2, 0.25) is 0 Å². The van der Waals surface area contributed by atoms with Crippen LogP contribution in [0.4, 0.5) is 10.7 Å². The Labute approximate surface area is 167 Å². The molecule has 148 valence electrons. The summed E-state index contributed by atoms with van der Waals surface area (Å²) in [5, 5.41) is 16.6.